The molecule has 0 spiro atoms. The Labute approximate surface area is 153 Å². The molecule has 0 saturated heterocycles. The molecule has 0 aliphatic rings. The molecule has 0 radical (unpaired) electrons. The molecule has 0 aliphatic heterocycles. The van der Waals surface area contributed by atoms with Gasteiger partial charge in [-0.1, -0.05) is 11.6 Å². The molecule has 2 heterocycles. The van der Waals surface area contributed by atoms with Gasteiger partial charge >= 0.3 is 6.18 Å². The Hall–Kier alpha value is -2.54. The molecule has 8 heteroatoms. The van der Waals surface area contributed by atoms with Crippen molar-refractivity contribution < 1.29 is 17.9 Å². The Bertz CT molecular complexity index is 905. The lowest BCUT2D eigenvalue weighted by Gasteiger charge is -2.25. The number of nitrogens with zero attached hydrogens (tertiary/aromatic N) is 2. The summed E-state index contributed by atoms with van der Waals surface area (Å²) in [4.78, 5) is 11.4. The van der Waals surface area contributed by atoms with E-state index in [1.54, 1.807) is 32.3 Å². The number of pyridine rings is 1. The minimum Gasteiger partial charge on any atom is -0.482 e. The lowest BCUT2D eigenvalue weighted by Crippen LogP contribution is -2.25. The van der Waals surface area contributed by atoms with Crippen molar-refractivity contribution in [1.29, 1.82) is 0 Å². The quantitative estimate of drug-likeness (QED) is 0.653. The number of alkyl halides is 3. The number of hydrogen-bond donors (Lipinski definition) is 1. The Kier molecular flexibility index (Phi) is 4.66. The van der Waals surface area contributed by atoms with Crippen LogP contribution in [0.3, 0.4) is 0 Å². The fraction of sp³-hybridized carbons (Fsp3) is 0.222. The molecule has 0 aliphatic carbocycles. The van der Waals surface area contributed by atoms with E-state index in [1.807, 2.05) is 0 Å². The summed E-state index contributed by atoms with van der Waals surface area (Å²) in [6.45, 7) is 3.58. The first-order valence-corrected chi connectivity index (χ1v) is 8.06. The molecule has 2 aromatic heterocycles. The molecular weight excluding hydrogens is 367 g/mol. The number of rotatable bonds is 4. The van der Waals surface area contributed by atoms with E-state index in [0.29, 0.717) is 27.9 Å². The molecule has 3 aromatic rings. The van der Waals surface area contributed by atoms with E-state index >= 15 is 0 Å². The van der Waals surface area contributed by atoms with Gasteiger partial charge in [-0.15, -0.1) is 0 Å². The Balaban J connectivity index is 1.82. The maximum atomic E-state index is 12.6. The highest BCUT2D eigenvalue weighted by atomic mass is 35.5. The number of nitrogens with one attached hydrogen (secondary N) is 1. The zero-order valence-electron chi connectivity index (χ0n) is 13.9. The van der Waals surface area contributed by atoms with Gasteiger partial charge in [-0.05, 0) is 44.2 Å². The molecule has 26 heavy (non-hydrogen) atoms. The average Bonchev–Trinajstić information content (AvgIpc) is 3.05. The van der Waals surface area contributed by atoms with Crippen LogP contribution in [-0.4, -0.2) is 15.0 Å². The predicted molar refractivity (Wildman–Crippen MR) is 91.9 cm³/mol. The second-order valence-electron chi connectivity index (χ2n) is 6.14. The highest BCUT2D eigenvalue weighted by molar-refractivity contribution is 6.33. The number of hydrogen-bond acceptors (Lipinski definition) is 3. The van der Waals surface area contributed by atoms with Gasteiger partial charge in [-0.3, -0.25) is 4.98 Å². The summed E-state index contributed by atoms with van der Waals surface area (Å²) in [6.07, 6.45) is 0.350. The highest BCUT2D eigenvalue weighted by Crippen LogP contribution is 2.33. The monoisotopic (exact) mass is 381 g/mol. The van der Waals surface area contributed by atoms with Crippen molar-refractivity contribution >= 4 is 11.6 Å². The van der Waals surface area contributed by atoms with E-state index in [4.69, 9.17) is 16.3 Å². The molecule has 1 N–H and O–H groups in total. The maximum Gasteiger partial charge on any atom is 0.416 e. The van der Waals surface area contributed by atoms with Crippen molar-refractivity contribution in [3.8, 4) is 17.1 Å². The molecule has 0 bridgehead atoms. The fourth-order valence-electron chi connectivity index (χ4n) is 2.39. The summed E-state index contributed by atoms with van der Waals surface area (Å²) in [5.74, 6) is 0.873. The van der Waals surface area contributed by atoms with Gasteiger partial charge in [0.2, 0.25) is 0 Å². The number of halogens is 4. The summed E-state index contributed by atoms with van der Waals surface area (Å²) in [5.41, 5.74) is -0.220. The smallest absolute Gasteiger partial charge is 0.416 e. The van der Waals surface area contributed by atoms with Crippen LogP contribution in [0.15, 0.2) is 48.9 Å². The van der Waals surface area contributed by atoms with Gasteiger partial charge in [0.1, 0.15) is 17.2 Å². The molecule has 0 saturated carbocycles. The standard InChI is InChI=1S/C18H15ClF3N3O/c1-17(2,26-12-5-3-11(4-6-12)18(20,21)22)15-10-24-16(25-15)13-7-8-23-9-14(13)19/h3-10H,1-2H3,(H,24,25). The second kappa shape index (κ2) is 6.64. The number of aromatic amines is 1. The van der Waals surface area contributed by atoms with Crippen molar-refractivity contribution in [2.75, 3.05) is 0 Å². The third-order valence-electron chi connectivity index (χ3n) is 3.81. The van der Waals surface area contributed by atoms with Crippen molar-refractivity contribution in [3.63, 3.8) is 0 Å². The highest BCUT2D eigenvalue weighted by Gasteiger charge is 2.31. The van der Waals surface area contributed by atoms with Gasteiger partial charge in [0.05, 0.1) is 22.5 Å². The van der Waals surface area contributed by atoms with Gasteiger partial charge in [-0.2, -0.15) is 13.2 Å². The van der Waals surface area contributed by atoms with Crippen LogP contribution in [0.1, 0.15) is 25.1 Å². The fourth-order valence-corrected chi connectivity index (χ4v) is 2.60. The van der Waals surface area contributed by atoms with Crippen LogP contribution in [-0.2, 0) is 11.8 Å². The van der Waals surface area contributed by atoms with E-state index in [2.05, 4.69) is 15.0 Å². The van der Waals surface area contributed by atoms with Gasteiger partial charge < -0.3 is 9.72 Å². The van der Waals surface area contributed by atoms with Crippen molar-refractivity contribution in [1.82, 2.24) is 15.0 Å². The molecule has 4 nitrogen and oxygen atoms in total. The van der Waals surface area contributed by atoms with Gasteiger partial charge in [-0.25, -0.2) is 4.98 Å². The van der Waals surface area contributed by atoms with Crippen LogP contribution >= 0.6 is 11.6 Å². The van der Waals surface area contributed by atoms with E-state index in [9.17, 15) is 13.2 Å². The number of benzene rings is 1. The van der Waals surface area contributed by atoms with E-state index in [0.717, 1.165) is 12.1 Å². The summed E-state index contributed by atoms with van der Waals surface area (Å²) < 4.78 is 43.8. The van der Waals surface area contributed by atoms with Crippen LogP contribution in [0, 0.1) is 0 Å². The number of ether oxygens (including phenoxy) is 1. The minimum absolute atomic E-state index is 0.320. The first-order valence-electron chi connectivity index (χ1n) is 7.68. The molecule has 0 atom stereocenters. The molecule has 1 aromatic carbocycles. The summed E-state index contributed by atoms with van der Waals surface area (Å²) >= 11 is 6.12. The molecule has 3 rings (SSSR count). The predicted octanol–water partition coefficient (Wildman–Crippen LogP) is 5.46. The summed E-state index contributed by atoms with van der Waals surface area (Å²) in [6, 6.07) is 6.29. The van der Waals surface area contributed by atoms with Crippen LogP contribution in [0.5, 0.6) is 5.75 Å². The largest absolute Gasteiger partial charge is 0.482 e. The third-order valence-corrected chi connectivity index (χ3v) is 4.11. The first-order chi connectivity index (χ1) is 12.2. The van der Waals surface area contributed by atoms with E-state index in [1.165, 1.54) is 18.3 Å². The SMILES string of the molecule is CC(C)(Oc1ccc(C(F)(F)F)cc1)c1cnc(-c2ccncc2Cl)[nH]1. The van der Waals surface area contributed by atoms with E-state index < -0.39 is 17.3 Å². The van der Waals surface area contributed by atoms with Crippen LogP contribution in [0.4, 0.5) is 13.2 Å². The van der Waals surface area contributed by atoms with Crippen molar-refractivity contribution in [2.45, 2.75) is 25.6 Å². The van der Waals surface area contributed by atoms with Crippen LogP contribution < -0.4 is 4.74 Å². The summed E-state index contributed by atoms with van der Waals surface area (Å²) in [5, 5.41) is 0.454. The molecular formula is C18H15ClF3N3O. The molecule has 0 fully saturated rings. The van der Waals surface area contributed by atoms with Crippen molar-refractivity contribution in [3.05, 3.63) is 65.2 Å². The zero-order chi connectivity index (χ0) is 18.9. The average molecular weight is 382 g/mol. The topological polar surface area (TPSA) is 50.8 Å². The van der Waals surface area contributed by atoms with Gasteiger partial charge in [0, 0.05) is 18.0 Å². The third kappa shape index (κ3) is 3.83. The molecule has 136 valence electrons. The van der Waals surface area contributed by atoms with Crippen molar-refractivity contribution in [2.24, 2.45) is 0 Å². The number of imidazole rings is 1. The van der Waals surface area contributed by atoms with Gasteiger partial charge in [0.25, 0.3) is 0 Å². The van der Waals surface area contributed by atoms with Crippen LogP contribution in [0.25, 0.3) is 11.4 Å². The zero-order valence-corrected chi connectivity index (χ0v) is 14.7. The van der Waals surface area contributed by atoms with Gasteiger partial charge in [0.15, 0.2) is 0 Å². The minimum atomic E-state index is -4.38. The van der Waals surface area contributed by atoms with Crippen LogP contribution in [0.2, 0.25) is 5.02 Å². The first kappa shape index (κ1) is 18.3. The lowest BCUT2D eigenvalue weighted by molar-refractivity contribution is -0.137. The summed E-state index contributed by atoms with van der Waals surface area (Å²) in [7, 11) is 0. The molecule has 0 amide bonds. The number of H-pyrrole nitrogens is 1. The molecule has 0 unspecified atom stereocenters. The number of aromatic nitrogens is 3. The van der Waals surface area contributed by atoms with E-state index in [-0.39, 0.29) is 0 Å². The Morgan fingerprint density at radius 2 is 1.73 bits per heavy atom. The Morgan fingerprint density at radius 1 is 1.04 bits per heavy atom. The maximum absolute atomic E-state index is 12.6. The normalized spacial score (nSPS) is 12.2. The second-order valence-corrected chi connectivity index (χ2v) is 6.54. The lowest BCUT2D eigenvalue weighted by atomic mass is 10.1. The Morgan fingerprint density at radius 3 is 2.35 bits per heavy atom.